The van der Waals surface area contributed by atoms with Gasteiger partial charge < -0.3 is 10.5 Å². The van der Waals surface area contributed by atoms with E-state index in [2.05, 4.69) is 5.10 Å². The third-order valence-corrected chi connectivity index (χ3v) is 2.76. The van der Waals surface area contributed by atoms with Crippen molar-refractivity contribution >= 4 is 11.6 Å². The van der Waals surface area contributed by atoms with E-state index < -0.39 is 0 Å². The lowest BCUT2D eigenvalue weighted by atomic mass is 10.1. The molecule has 0 saturated carbocycles. The summed E-state index contributed by atoms with van der Waals surface area (Å²) < 4.78 is 7.01. The number of nitrogens with zero attached hydrogens (tertiary/aromatic N) is 2. The van der Waals surface area contributed by atoms with Crippen LogP contribution in [0.5, 0.6) is 0 Å². The van der Waals surface area contributed by atoms with Gasteiger partial charge in [0.1, 0.15) is 0 Å². The molecule has 0 aliphatic carbocycles. The summed E-state index contributed by atoms with van der Waals surface area (Å²) >= 11 is 6.04. The Labute approximate surface area is 95.3 Å². The van der Waals surface area contributed by atoms with Gasteiger partial charge in [0.15, 0.2) is 0 Å². The van der Waals surface area contributed by atoms with Crippen molar-refractivity contribution in [3.05, 3.63) is 16.9 Å². The average Bonchev–Trinajstić information content (AvgIpc) is 2.59. The molecule has 1 heterocycles. The summed E-state index contributed by atoms with van der Waals surface area (Å²) in [6.45, 7) is 4.77. The van der Waals surface area contributed by atoms with E-state index in [9.17, 15) is 0 Å². The van der Waals surface area contributed by atoms with Crippen LogP contribution in [0, 0.1) is 0 Å². The predicted molar refractivity (Wildman–Crippen MR) is 60.9 cm³/mol. The van der Waals surface area contributed by atoms with Crippen LogP contribution in [-0.2, 0) is 11.3 Å². The monoisotopic (exact) mass is 231 g/mol. The van der Waals surface area contributed by atoms with Gasteiger partial charge in [-0.25, -0.2) is 0 Å². The third-order valence-electron chi connectivity index (χ3n) is 2.47. The van der Waals surface area contributed by atoms with Crippen molar-refractivity contribution in [1.29, 1.82) is 0 Å². The smallest absolute Gasteiger partial charge is 0.0834 e. The summed E-state index contributed by atoms with van der Waals surface area (Å²) in [4.78, 5) is 0. The number of hydrogen-bond donors (Lipinski definition) is 1. The molecule has 0 aromatic carbocycles. The second-order valence-electron chi connectivity index (χ2n) is 3.58. The Morgan fingerprint density at radius 1 is 1.67 bits per heavy atom. The summed E-state index contributed by atoms with van der Waals surface area (Å²) in [5.74, 6) is 0. The van der Waals surface area contributed by atoms with E-state index in [1.165, 1.54) is 0 Å². The van der Waals surface area contributed by atoms with Crippen LogP contribution in [0.2, 0.25) is 5.02 Å². The molecule has 0 spiro atoms. The van der Waals surface area contributed by atoms with Crippen molar-refractivity contribution in [3.8, 4) is 0 Å². The van der Waals surface area contributed by atoms with Crippen molar-refractivity contribution < 1.29 is 4.74 Å². The Bertz CT molecular complexity index is 314. The number of aryl methyl sites for hydroxylation is 1. The molecule has 0 radical (unpaired) electrons. The number of rotatable bonds is 5. The number of nitrogens with two attached hydrogens (primary N) is 1. The third kappa shape index (κ3) is 2.93. The Morgan fingerprint density at radius 3 is 2.87 bits per heavy atom. The van der Waals surface area contributed by atoms with E-state index in [1.807, 2.05) is 18.5 Å². The largest absolute Gasteiger partial charge is 0.382 e. The molecule has 0 aliphatic heterocycles. The maximum atomic E-state index is 6.07. The molecule has 0 saturated heterocycles. The minimum absolute atomic E-state index is 0.122. The van der Waals surface area contributed by atoms with Gasteiger partial charge in [-0.15, -0.1) is 0 Å². The van der Waals surface area contributed by atoms with Crippen LogP contribution in [0.3, 0.4) is 0 Å². The second kappa shape index (κ2) is 5.49. The molecular weight excluding hydrogens is 214 g/mol. The van der Waals surface area contributed by atoms with Crippen LogP contribution in [0.1, 0.15) is 32.0 Å². The first kappa shape index (κ1) is 12.5. The molecule has 2 unspecified atom stereocenters. The summed E-state index contributed by atoms with van der Waals surface area (Å²) in [5, 5.41) is 4.78. The number of hydrogen-bond acceptors (Lipinski definition) is 3. The van der Waals surface area contributed by atoms with E-state index >= 15 is 0 Å². The van der Waals surface area contributed by atoms with Gasteiger partial charge in [-0.3, -0.25) is 4.68 Å². The molecule has 15 heavy (non-hydrogen) atoms. The van der Waals surface area contributed by atoms with Gasteiger partial charge in [0.2, 0.25) is 0 Å². The van der Waals surface area contributed by atoms with Gasteiger partial charge in [-0.05, 0) is 20.3 Å². The van der Waals surface area contributed by atoms with E-state index in [-0.39, 0.29) is 12.1 Å². The highest BCUT2D eigenvalue weighted by atomic mass is 35.5. The van der Waals surface area contributed by atoms with Gasteiger partial charge in [0, 0.05) is 13.7 Å². The Hall–Kier alpha value is -0.580. The van der Waals surface area contributed by atoms with E-state index in [0.29, 0.717) is 5.02 Å². The molecule has 4 nitrogen and oxygen atoms in total. The minimum atomic E-state index is -0.130. The lowest BCUT2D eigenvalue weighted by molar-refractivity contribution is 0.104. The van der Waals surface area contributed by atoms with Crippen molar-refractivity contribution in [3.63, 3.8) is 0 Å². The first-order chi connectivity index (χ1) is 7.10. The summed E-state index contributed by atoms with van der Waals surface area (Å²) in [6.07, 6.45) is 2.50. The first-order valence-corrected chi connectivity index (χ1v) is 5.47. The summed E-state index contributed by atoms with van der Waals surface area (Å²) in [6, 6.07) is -0.130. The normalized spacial score (nSPS) is 15.3. The maximum absolute atomic E-state index is 6.07. The molecule has 1 rings (SSSR count). The number of aromatic nitrogens is 2. The zero-order chi connectivity index (χ0) is 11.4. The molecular formula is C10H18ClN3O. The quantitative estimate of drug-likeness (QED) is 0.843. The molecule has 86 valence electrons. The first-order valence-electron chi connectivity index (χ1n) is 5.09. The zero-order valence-corrected chi connectivity index (χ0v) is 10.2. The molecule has 1 aromatic rings. The number of ether oxygens (including phenoxy) is 1. The van der Waals surface area contributed by atoms with Crippen molar-refractivity contribution in [1.82, 2.24) is 9.78 Å². The van der Waals surface area contributed by atoms with Gasteiger partial charge >= 0.3 is 0 Å². The molecule has 0 fully saturated rings. The number of methoxy groups -OCH3 is 1. The standard InChI is InChI=1S/C10H18ClN3O/c1-4-14-10(8(11)6-13-14)9(12)5-7(2)15-3/h6-7,9H,4-5,12H2,1-3H3. The van der Waals surface area contributed by atoms with Gasteiger partial charge in [-0.1, -0.05) is 11.6 Å². The van der Waals surface area contributed by atoms with Crippen LogP contribution >= 0.6 is 11.6 Å². The zero-order valence-electron chi connectivity index (χ0n) is 9.40. The van der Waals surface area contributed by atoms with E-state index in [0.717, 1.165) is 18.7 Å². The minimum Gasteiger partial charge on any atom is -0.382 e. The Morgan fingerprint density at radius 2 is 2.33 bits per heavy atom. The highest BCUT2D eigenvalue weighted by Gasteiger charge is 2.18. The Balaban J connectivity index is 2.80. The van der Waals surface area contributed by atoms with Gasteiger partial charge in [0.25, 0.3) is 0 Å². The van der Waals surface area contributed by atoms with Crippen molar-refractivity contribution in [2.24, 2.45) is 5.73 Å². The second-order valence-corrected chi connectivity index (χ2v) is 3.99. The van der Waals surface area contributed by atoms with Crippen LogP contribution in [0.15, 0.2) is 6.20 Å². The van der Waals surface area contributed by atoms with Crippen LogP contribution in [-0.4, -0.2) is 23.0 Å². The highest BCUT2D eigenvalue weighted by Crippen LogP contribution is 2.24. The van der Waals surface area contributed by atoms with Gasteiger partial charge in [0.05, 0.1) is 29.1 Å². The fourth-order valence-corrected chi connectivity index (χ4v) is 1.84. The number of halogens is 1. The molecule has 0 aliphatic rings. The van der Waals surface area contributed by atoms with E-state index in [1.54, 1.807) is 13.3 Å². The molecule has 0 amide bonds. The summed E-state index contributed by atoms with van der Waals surface area (Å²) in [5.41, 5.74) is 6.96. The van der Waals surface area contributed by atoms with Crippen molar-refractivity contribution in [2.75, 3.05) is 7.11 Å². The lowest BCUT2D eigenvalue weighted by Crippen LogP contribution is -2.21. The maximum Gasteiger partial charge on any atom is 0.0834 e. The predicted octanol–water partition coefficient (Wildman–Crippen LogP) is 1.98. The Kier molecular flexibility index (Phi) is 4.57. The fourth-order valence-electron chi connectivity index (χ4n) is 1.56. The van der Waals surface area contributed by atoms with Gasteiger partial charge in [-0.2, -0.15) is 5.10 Å². The SMILES string of the molecule is CCn1ncc(Cl)c1C(N)CC(C)OC. The molecule has 5 heteroatoms. The average molecular weight is 232 g/mol. The summed E-state index contributed by atoms with van der Waals surface area (Å²) in [7, 11) is 1.68. The van der Waals surface area contributed by atoms with E-state index in [4.69, 9.17) is 22.1 Å². The van der Waals surface area contributed by atoms with Crippen LogP contribution in [0.4, 0.5) is 0 Å². The van der Waals surface area contributed by atoms with Crippen molar-refractivity contribution in [2.45, 2.75) is 39.0 Å². The topological polar surface area (TPSA) is 53.1 Å². The fraction of sp³-hybridized carbons (Fsp3) is 0.700. The van der Waals surface area contributed by atoms with Crippen LogP contribution in [0.25, 0.3) is 0 Å². The van der Waals surface area contributed by atoms with Crippen LogP contribution < -0.4 is 5.73 Å². The molecule has 2 atom stereocenters. The molecule has 0 bridgehead atoms. The molecule has 2 N–H and O–H groups in total. The highest BCUT2D eigenvalue weighted by molar-refractivity contribution is 6.31. The lowest BCUT2D eigenvalue weighted by Gasteiger charge is -2.17. The molecule has 1 aromatic heterocycles.